The summed E-state index contributed by atoms with van der Waals surface area (Å²) in [7, 11) is -5.57. The molecule has 1 N–H and O–H groups in total. The van der Waals surface area contributed by atoms with Gasteiger partial charge in [0.2, 0.25) is 0 Å². The van der Waals surface area contributed by atoms with Gasteiger partial charge in [-0.05, 0) is 31.1 Å². The van der Waals surface area contributed by atoms with Crippen LogP contribution in [-0.4, -0.2) is 37.2 Å². The molecular weight excluding hydrogens is 383 g/mol. The highest BCUT2D eigenvalue weighted by Gasteiger charge is 2.49. The molecule has 10 heteroatoms. The van der Waals surface area contributed by atoms with Gasteiger partial charge in [-0.2, -0.15) is 13.2 Å². The predicted molar refractivity (Wildman–Crippen MR) is 84.7 cm³/mol. The largest absolute Gasteiger partial charge is 0.501 e. The standard InChI is InChI=1S/C15H13ClF3NO4S/c16-8-5-9(7-20-6-8)24-12-3-4-13(25(22,23)15(17,18)19)14-10(12)1-2-11(14)21/h3-5,7-8,11,21H,1-2,6H2. The molecule has 0 radical (unpaired) electrons. The summed E-state index contributed by atoms with van der Waals surface area (Å²) in [6.45, 7) is 0.383. The van der Waals surface area contributed by atoms with E-state index in [2.05, 4.69) is 4.99 Å². The Morgan fingerprint density at radius 1 is 1.32 bits per heavy atom. The van der Waals surface area contributed by atoms with Crippen LogP contribution < -0.4 is 4.74 Å². The van der Waals surface area contributed by atoms with Gasteiger partial charge in [0.25, 0.3) is 9.84 Å². The third-order valence-electron chi connectivity index (χ3n) is 3.94. The zero-order valence-electron chi connectivity index (χ0n) is 12.6. The van der Waals surface area contributed by atoms with E-state index in [1.165, 1.54) is 6.21 Å². The van der Waals surface area contributed by atoms with Crippen LogP contribution in [0.2, 0.25) is 0 Å². The first kappa shape index (κ1) is 18.2. The average molecular weight is 396 g/mol. The number of allylic oxidation sites excluding steroid dienone is 1. The van der Waals surface area contributed by atoms with Gasteiger partial charge in [0, 0.05) is 11.1 Å². The van der Waals surface area contributed by atoms with Crippen LogP contribution in [0.4, 0.5) is 13.2 Å². The number of aliphatic hydroxyl groups excluding tert-OH is 1. The number of halogens is 4. The summed E-state index contributed by atoms with van der Waals surface area (Å²) in [6, 6.07) is 1.96. The SMILES string of the molecule is O=S(=O)(c1ccc(OC2=CC(Cl)CN=C2)c2c1C(O)CC2)C(F)(F)F. The molecule has 5 nitrogen and oxygen atoms in total. The molecule has 0 bridgehead atoms. The second-order valence-electron chi connectivity index (χ2n) is 5.64. The Kier molecular flexibility index (Phi) is 4.59. The van der Waals surface area contributed by atoms with Crippen molar-refractivity contribution in [3.05, 3.63) is 35.1 Å². The fourth-order valence-corrected chi connectivity index (χ4v) is 4.08. The molecule has 0 fully saturated rings. The minimum absolute atomic E-state index is 0.112. The second-order valence-corrected chi connectivity index (χ2v) is 8.11. The highest BCUT2D eigenvalue weighted by Crippen LogP contribution is 2.44. The third-order valence-corrected chi connectivity index (χ3v) is 5.75. The summed E-state index contributed by atoms with van der Waals surface area (Å²) in [5, 5.41) is 9.64. The Labute approximate surface area is 146 Å². The topological polar surface area (TPSA) is 76.0 Å². The van der Waals surface area contributed by atoms with Crippen molar-refractivity contribution in [3.8, 4) is 5.75 Å². The molecule has 1 aromatic carbocycles. The van der Waals surface area contributed by atoms with Gasteiger partial charge in [0.15, 0.2) is 0 Å². The molecule has 2 unspecified atom stereocenters. The van der Waals surface area contributed by atoms with Gasteiger partial charge < -0.3 is 9.84 Å². The molecule has 1 aliphatic carbocycles. The van der Waals surface area contributed by atoms with Crippen LogP contribution in [0.5, 0.6) is 5.75 Å². The van der Waals surface area contributed by atoms with Crippen LogP contribution in [0.1, 0.15) is 23.7 Å². The number of alkyl halides is 4. The van der Waals surface area contributed by atoms with Crippen LogP contribution in [0.15, 0.2) is 33.9 Å². The summed E-state index contributed by atoms with van der Waals surface area (Å²) in [5.41, 5.74) is -5.47. The molecule has 0 saturated carbocycles. The summed E-state index contributed by atoms with van der Waals surface area (Å²) < 4.78 is 67.8. The van der Waals surface area contributed by atoms with E-state index in [-0.39, 0.29) is 35.1 Å². The first-order chi connectivity index (χ1) is 11.6. The summed E-state index contributed by atoms with van der Waals surface area (Å²) in [4.78, 5) is 3.05. The van der Waals surface area contributed by atoms with Gasteiger partial charge in [0.05, 0.1) is 29.1 Å². The molecule has 3 rings (SSSR count). The number of hydrogen-bond donors (Lipinski definition) is 1. The minimum Gasteiger partial charge on any atom is -0.456 e. The molecular formula is C15H13ClF3NO4S. The number of hydrogen-bond acceptors (Lipinski definition) is 5. The molecule has 2 aliphatic rings. The van der Waals surface area contributed by atoms with Crippen LogP contribution in [0.25, 0.3) is 0 Å². The molecule has 1 aromatic rings. The smallest absolute Gasteiger partial charge is 0.456 e. The lowest BCUT2D eigenvalue weighted by molar-refractivity contribution is -0.0437. The fraction of sp³-hybridized carbons (Fsp3) is 0.400. The highest BCUT2D eigenvalue weighted by molar-refractivity contribution is 7.92. The average Bonchev–Trinajstić information content (AvgIpc) is 2.89. The Bertz CT molecular complexity index is 864. The van der Waals surface area contributed by atoms with E-state index in [0.29, 0.717) is 12.3 Å². The van der Waals surface area contributed by atoms with Gasteiger partial charge in [0.1, 0.15) is 11.5 Å². The lowest BCUT2D eigenvalue weighted by Gasteiger charge is -2.18. The molecule has 136 valence electrons. The normalized spacial score (nSPS) is 23.3. The molecule has 0 amide bonds. The first-order valence-electron chi connectivity index (χ1n) is 7.30. The second kappa shape index (κ2) is 6.30. The number of ether oxygens (including phenoxy) is 1. The van der Waals surface area contributed by atoms with Gasteiger partial charge in [-0.15, -0.1) is 11.6 Å². The lowest BCUT2D eigenvalue weighted by atomic mass is 10.1. The van der Waals surface area contributed by atoms with Gasteiger partial charge >= 0.3 is 5.51 Å². The Morgan fingerprint density at radius 3 is 2.68 bits per heavy atom. The lowest BCUT2D eigenvalue weighted by Crippen LogP contribution is -2.25. The molecule has 2 atom stereocenters. The maximum absolute atomic E-state index is 12.9. The van der Waals surface area contributed by atoms with Crippen molar-refractivity contribution >= 4 is 27.7 Å². The Hall–Kier alpha value is -1.58. The van der Waals surface area contributed by atoms with Crippen LogP contribution >= 0.6 is 11.6 Å². The number of dihydropyridines is 1. The molecule has 1 heterocycles. The maximum Gasteiger partial charge on any atom is 0.501 e. The van der Waals surface area contributed by atoms with Crippen molar-refractivity contribution in [2.75, 3.05) is 6.54 Å². The Balaban J connectivity index is 2.07. The fourth-order valence-electron chi connectivity index (χ4n) is 2.83. The number of benzene rings is 1. The van der Waals surface area contributed by atoms with Gasteiger partial charge in [-0.1, -0.05) is 0 Å². The monoisotopic (exact) mass is 395 g/mol. The van der Waals surface area contributed by atoms with E-state index in [1.807, 2.05) is 0 Å². The van der Waals surface area contributed by atoms with Crippen molar-refractivity contribution in [2.24, 2.45) is 4.99 Å². The minimum atomic E-state index is -5.57. The number of nitrogens with zero attached hydrogens (tertiary/aromatic N) is 1. The van der Waals surface area contributed by atoms with E-state index >= 15 is 0 Å². The zero-order valence-corrected chi connectivity index (χ0v) is 14.2. The van der Waals surface area contributed by atoms with Crippen molar-refractivity contribution in [1.29, 1.82) is 0 Å². The third kappa shape index (κ3) is 3.28. The molecule has 1 aliphatic heterocycles. The number of sulfone groups is 1. The predicted octanol–water partition coefficient (Wildman–Crippen LogP) is 2.91. The van der Waals surface area contributed by atoms with Crippen molar-refractivity contribution < 1.29 is 31.4 Å². The maximum atomic E-state index is 12.9. The quantitative estimate of drug-likeness (QED) is 0.798. The van der Waals surface area contributed by atoms with Crippen molar-refractivity contribution in [2.45, 2.75) is 34.7 Å². The summed E-state index contributed by atoms with van der Waals surface area (Å²) >= 11 is 5.94. The van der Waals surface area contributed by atoms with Gasteiger partial charge in [-0.3, -0.25) is 4.99 Å². The van der Waals surface area contributed by atoms with E-state index in [9.17, 15) is 26.7 Å². The molecule has 0 spiro atoms. The summed E-state index contributed by atoms with van der Waals surface area (Å²) in [5.74, 6) is 0.484. The highest BCUT2D eigenvalue weighted by atomic mass is 35.5. The van der Waals surface area contributed by atoms with Gasteiger partial charge in [-0.25, -0.2) is 8.42 Å². The van der Waals surface area contributed by atoms with E-state index < -0.39 is 26.3 Å². The van der Waals surface area contributed by atoms with Crippen LogP contribution in [0, 0.1) is 0 Å². The van der Waals surface area contributed by atoms with Crippen molar-refractivity contribution in [1.82, 2.24) is 0 Å². The Morgan fingerprint density at radius 2 is 2.04 bits per heavy atom. The number of aliphatic hydroxyl groups is 1. The van der Waals surface area contributed by atoms with E-state index in [4.69, 9.17) is 16.3 Å². The van der Waals surface area contributed by atoms with Crippen molar-refractivity contribution in [3.63, 3.8) is 0 Å². The molecule has 0 saturated heterocycles. The van der Waals surface area contributed by atoms with E-state index in [0.717, 1.165) is 12.1 Å². The van der Waals surface area contributed by atoms with Crippen LogP contribution in [-0.2, 0) is 16.3 Å². The molecule has 25 heavy (non-hydrogen) atoms. The number of rotatable bonds is 3. The number of fused-ring (bicyclic) bond motifs is 1. The summed E-state index contributed by atoms with van der Waals surface area (Å²) in [6.07, 6.45) is 2.02. The van der Waals surface area contributed by atoms with Crippen LogP contribution in [0.3, 0.4) is 0 Å². The first-order valence-corrected chi connectivity index (χ1v) is 9.22. The molecule has 0 aromatic heterocycles. The zero-order chi connectivity index (χ0) is 18.4. The van der Waals surface area contributed by atoms with E-state index in [1.54, 1.807) is 6.08 Å². The number of aliphatic imine (C=N–C) groups is 1.